The van der Waals surface area contributed by atoms with Crippen LogP contribution in [0, 0.1) is 12.3 Å². The Kier molecular flexibility index (Phi) is 5.71. The van der Waals surface area contributed by atoms with E-state index >= 15 is 0 Å². The summed E-state index contributed by atoms with van der Waals surface area (Å²) in [6.45, 7) is 10.2. The number of rotatable bonds is 5. The summed E-state index contributed by atoms with van der Waals surface area (Å²) in [5, 5.41) is 13.4. The molecule has 0 spiro atoms. The van der Waals surface area contributed by atoms with Gasteiger partial charge in [0.25, 0.3) is 0 Å². The largest absolute Gasteiger partial charge is 0.478 e. The number of carboxylic acids is 1. The first kappa shape index (κ1) is 21.9. The van der Waals surface area contributed by atoms with Crippen LogP contribution in [0.25, 0.3) is 11.0 Å². The van der Waals surface area contributed by atoms with E-state index < -0.39 is 5.97 Å². The van der Waals surface area contributed by atoms with Crippen molar-refractivity contribution in [2.24, 2.45) is 5.41 Å². The number of benzene rings is 2. The van der Waals surface area contributed by atoms with Crippen LogP contribution >= 0.6 is 0 Å². The third-order valence-electron chi connectivity index (χ3n) is 6.53. The van der Waals surface area contributed by atoms with E-state index in [1.165, 1.54) is 0 Å². The number of aryl methyl sites for hydroxylation is 1. The van der Waals surface area contributed by atoms with E-state index in [0.29, 0.717) is 28.0 Å². The maximum atomic E-state index is 13.0. The van der Waals surface area contributed by atoms with Crippen molar-refractivity contribution >= 4 is 28.5 Å². The van der Waals surface area contributed by atoms with Crippen molar-refractivity contribution in [2.45, 2.75) is 46.6 Å². The molecule has 1 unspecified atom stereocenters. The minimum Gasteiger partial charge on any atom is -0.478 e. The molecular weight excluding hydrogens is 404 g/mol. The number of nitrogens with one attached hydrogen (secondary N) is 1. The number of fused-ring (bicyclic) bond motifs is 1. The van der Waals surface area contributed by atoms with Gasteiger partial charge < -0.3 is 19.7 Å². The zero-order valence-electron chi connectivity index (χ0n) is 19.1. The molecular formula is C26H30N2O4. The molecule has 1 atom stereocenters. The Bertz CT molecular complexity index is 1220. The van der Waals surface area contributed by atoms with Gasteiger partial charge in [0.05, 0.1) is 17.0 Å². The number of aromatic carboxylic acids is 1. The Labute approximate surface area is 187 Å². The van der Waals surface area contributed by atoms with Gasteiger partial charge in [-0.25, -0.2) is 4.79 Å². The van der Waals surface area contributed by atoms with Gasteiger partial charge in [-0.05, 0) is 55.9 Å². The van der Waals surface area contributed by atoms with Crippen molar-refractivity contribution in [3.8, 4) is 0 Å². The number of hydrogen-bond acceptors (Lipinski definition) is 5. The monoisotopic (exact) mass is 434 g/mol. The molecule has 1 saturated heterocycles. The van der Waals surface area contributed by atoms with Crippen molar-refractivity contribution in [3.05, 3.63) is 69.4 Å². The molecule has 4 rings (SSSR count). The lowest BCUT2D eigenvalue weighted by atomic mass is 9.83. The summed E-state index contributed by atoms with van der Waals surface area (Å²) in [5.74, 6) is -0.389. The Morgan fingerprint density at radius 2 is 1.84 bits per heavy atom. The summed E-state index contributed by atoms with van der Waals surface area (Å²) in [6.07, 6.45) is 2.08. The summed E-state index contributed by atoms with van der Waals surface area (Å²) >= 11 is 0. The molecule has 1 aliphatic heterocycles. The van der Waals surface area contributed by atoms with Crippen LogP contribution in [-0.4, -0.2) is 24.2 Å². The van der Waals surface area contributed by atoms with Gasteiger partial charge in [-0.3, -0.25) is 4.79 Å². The summed E-state index contributed by atoms with van der Waals surface area (Å²) in [6, 6.07) is 11.9. The molecule has 1 fully saturated rings. The Hall–Kier alpha value is -3.28. The second-order valence-electron chi connectivity index (χ2n) is 9.49. The average Bonchev–Trinajstić information content (AvgIpc) is 2.73. The van der Waals surface area contributed by atoms with Crippen molar-refractivity contribution < 1.29 is 14.3 Å². The molecule has 168 valence electrons. The summed E-state index contributed by atoms with van der Waals surface area (Å²) in [4.78, 5) is 26.7. The van der Waals surface area contributed by atoms with E-state index in [4.69, 9.17) is 4.42 Å². The van der Waals surface area contributed by atoms with Gasteiger partial charge in [0.1, 0.15) is 5.58 Å². The smallest absolute Gasteiger partial charge is 0.337 e. The number of nitrogens with zero attached hydrogens (tertiary/aromatic N) is 1. The fourth-order valence-electron chi connectivity index (χ4n) is 4.45. The lowest BCUT2D eigenvalue weighted by molar-refractivity contribution is 0.0698. The number of para-hydroxylation sites is 1. The molecule has 0 radical (unpaired) electrons. The normalized spacial score (nSPS) is 16.7. The molecule has 2 heterocycles. The van der Waals surface area contributed by atoms with Crippen LogP contribution in [0.3, 0.4) is 0 Å². The van der Waals surface area contributed by atoms with Crippen LogP contribution in [0.15, 0.2) is 51.7 Å². The standard InChI is InChI=1S/C26H30N2O4/c1-16-9-10-19-21(29)15-22(28-13-11-26(3,4)12-14-28)32-24(19)23(16)17(2)27-20-8-6-5-7-18(20)25(30)31/h5-10,15,17,27H,11-14H2,1-4H3,(H,30,31). The topological polar surface area (TPSA) is 82.8 Å². The van der Waals surface area contributed by atoms with Crippen molar-refractivity contribution in [1.82, 2.24) is 0 Å². The highest BCUT2D eigenvalue weighted by atomic mass is 16.4. The van der Waals surface area contributed by atoms with Crippen LogP contribution in [-0.2, 0) is 0 Å². The SMILES string of the molecule is Cc1ccc2c(=O)cc(N3CCC(C)(C)CC3)oc2c1C(C)Nc1ccccc1C(=O)O. The molecule has 0 aliphatic carbocycles. The quantitative estimate of drug-likeness (QED) is 0.544. The molecule has 6 heteroatoms. The summed E-state index contributed by atoms with van der Waals surface area (Å²) in [5.41, 5.74) is 3.36. The molecule has 0 bridgehead atoms. The molecule has 3 aromatic rings. The first-order chi connectivity index (χ1) is 15.2. The highest BCUT2D eigenvalue weighted by Crippen LogP contribution is 2.35. The van der Waals surface area contributed by atoms with E-state index in [1.54, 1.807) is 36.4 Å². The van der Waals surface area contributed by atoms with E-state index in [1.807, 2.05) is 19.9 Å². The van der Waals surface area contributed by atoms with Gasteiger partial charge >= 0.3 is 5.97 Å². The molecule has 0 saturated carbocycles. The minimum absolute atomic E-state index is 0.0644. The van der Waals surface area contributed by atoms with Gasteiger partial charge in [-0.15, -0.1) is 0 Å². The first-order valence-corrected chi connectivity index (χ1v) is 11.1. The Morgan fingerprint density at radius 1 is 1.16 bits per heavy atom. The van der Waals surface area contributed by atoms with E-state index in [-0.39, 0.29) is 17.0 Å². The van der Waals surface area contributed by atoms with Crippen LogP contribution in [0.2, 0.25) is 0 Å². The lowest BCUT2D eigenvalue weighted by Gasteiger charge is -2.37. The van der Waals surface area contributed by atoms with E-state index in [0.717, 1.165) is 37.1 Å². The third-order valence-corrected chi connectivity index (χ3v) is 6.53. The average molecular weight is 435 g/mol. The van der Waals surface area contributed by atoms with E-state index in [2.05, 4.69) is 24.1 Å². The molecule has 0 amide bonds. The number of carbonyl (C=O) groups is 1. The van der Waals surface area contributed by atoms with Crippen LogP contribution in [0.4, 0.5) is 11.6 Å². The van der Waals surface area contributed by atoms with Crippen molar-refractivity contribution in [2.75, 3.05) is 23.3 Å². The Balaban J connectivity index is 1.76. The highest BCUT2D eigenvalue weighted by Gasteiger charge is 2.27. The predicted octanol–water partition coefficient (Wildman–Crippen LogP) is 5.60. The predicted molar refractivity (Wildman–Crippen MR) is 128 cm³/mol. The summed E-state index contributed by atoms with van der Waals surface area (Å²) in [7, 11) is 0. The van der Waals surface area contributed by atoms with Crippen LogP contribution in [0.1, 0.15) is 61.1 Å². The van der Waals surface area contributed by atoms with Gasteiger partial charge in [0.15, 0.2) is 11.3 Å². The molecule has 6 nitrogen and oxygen atoms in total. The minimum atomic E-state index is -0.989. The second kappa shape index (κ2) is 8.34. The van der Waals surface area contributed by atoms with Crippen molar-refractivity contribution in [1.29, 1.82) is 0 Å². The zero-order valence-corrected chi connectivity index (χ0v) is 19.1. The molecule has 2 N–H and O–H groups in total. The number of piperidine rings is 1. The third kappa shape index (κ3) is 4.22. The second-order valence-corrected chi connectivity index (χ2v) is 9.49. The first-order valence-electron chi connectivity index (χ1n) is 11.1. The molecule has 2 aromatic carbocycles. The molecule has 1 aromatic heterocycles. The van der Waals surface area contributed by atoms with Gasteiger partial charge in [0.2, 0.25) is 0 Å². The Morgan fingerprint density at radius 3 is 2.53 bits per heavy atom. The highest BCUT2D eigenvalue weighted by molar-refractivity contribution is 5.94. The zero-order chi connectivity index (χ0) is 23.0. The van der Waals surface area contributed by atoms with Crippen LogP contribution < -0.4 is 15.6 Å². The maximum absolute atomic E-state index is 13.0. The van der Waals surface area contributed by atoms with Crippen LogP contribution in [0.5, 0.6) is 0 Å². The van der Waals surface area contributed by atoms with E-state index in [9.17, 15) is 14.7 Å². The fraction of sp³-hybridized carbons (Fsp3) is 0.385. The fourth-order valence-corrected chi connectivity index (χ4v) is 4.45. The van der Waals surface area contributed by atoms with Crippen molar-refractivity contribution in [3.63, 3.8) is 0 Å². The number of hydrogen-bond donors (Lipinski definition) is 2. The number of anilines is 2. The maximum Gasteiger partial charge on any atom is 0.337 e. The van der Waals surface area contributed by atoms with Gasteiger partial charge in [-0.2, -0.15) is 0 Å². The number of carboxylic acid groups (broad SMARTS) is 1. The summed E-state index contributed by atoms with van der Waals surface area (Å²) < 4.78 is 6.37. The van der Waals surface area contributed by atoms with Gasteiger partial charge in [-0.1, -0.05) is 32.0 Å². The van der Waals surface area contributed by atoms with Gasteiger partial charge in [0, 0.05) is 30.4 Å². The lowest BCUT2D eigenvalue weighted by Crippen LogP contribution is -2.37. The molecule has 32 heavy (non-hydrogen) atoms. The molecule has 1 aliphatic rings.